The minimum Gasteiger partial charge on any atom is -0.379 e. The van der Waals surface area contributed by atoms with Crippen molar-refractivity contribution in [2.45, 2.75) is 25.2 Å². The lowest BCUT2D eigenvalue weighted by Crippen LogP contribution is -2.44. The Balaban J connectivity index is 2.61. The normalized spacial score (nSPS) is 20.1. The van der Waals surface area contributed by atoms with Gasteiger partial charge in [-0.2, -0.15) is 13.1 Å². The van der Waals surface area contributed by atoms with Crippen molar-refractivity contribution in [2.24, 2.45) is 0 Å². The van der Waals surface area contributed by atoms with E-state index < -0.39 is 34.0 Å². The minimum absolute atomic E-state index is 0.0659. The maximum Gasteiger partial charge on any atom is 0.310 e. The van der Waals surface area contributed by atoms with Crippen molar-refractivity contribution in [1.82, 2.24) is 4.31 Å². The first kappa shape index (κ1) is 15.6. The van der Waals surface area contributed by atoms with Crippen molar-refractivity contribution in [3.8, 4) is 0 Å². The number of sulfonamides is 1. The summed E-state index contributed by atoms with van der Waals surface area (Å²) in [6.07, 6.45) is -1.39. The van der Waals surface area contributed by atoms with Gasteiger partial charge in [-0.1, -0.05) is 0 Å². The van der Waals surface area contributed by atoms with Gasteiger partial charge in [0, 0.05) is 26.4 Å². The van der Waals surface area contributed by atoms with E-state index in [-0.39, 0.29) is 33.2 Å². The van der Waals surface area contributed by atoms with Crippen LogP contribution in [0.3, 0.4) is 0 Å². The predicted octanol–water partition coefficient (Wildman–Crippen LogP) is 1.33. The van der Waals surface area contributed by atoms with Crippen LogP contribution in [0.2, 0.25) is 0 Å². The quantitative estimate of drug-likeness (QED) is 0.718. The Morgan fingerprint density at radius 1 is 1.17 bits per heavy atom. The van der Waals surface area contributed by atoms with Crippen molar-refractivity contribution in [3.05, 3.63) is 0 Å². The molecule has 0 aromatic heterocycles. The lowest BCUT2D eigenvalue weighted by Gasteiger charge is -2.28. The van der Waals surface area contributed by atoms with Gasteiger partial charge >= 0.3 is 11.8 Å². The van der Waals surface area contributed by atoms with Crippen LogP contribution in [0.25, 0.3) is 0 Å². The zero-order valence-corrected chi connectivity index (χ0v) is 10.7. The third kappa shape index (κ3) is 3.79. The zero-order valence-electron chi connectivity index (χ0n) is 9.83. The van der Waals surface area contributed by atoms with Gasteiger partial charge < -0.3 is 4.74 Å². The maximum absolute atomic E-state index is 13.0. The standard InChI is InChI=1S/C9H15F4NO3S/c1-8(10,11)9(12,13)2-7-18(15,16)14-3-5-17-6-4-14/h2-7H2,1H3. The first-order valence-electron chi connectivity index (χ1n) is 5.37. The lowest BCUT2D eigenvalue weighted by atomic mass is 10.1. The van der Waals surface area contributed by atoms with E-state index in [1.165, 1.54) is 0 Å². The molecular formula is C9H15F4NO3S. The van der Waals surface area contributed by atoms with E-state index in [1.54, 1.807) is 0 Å². The molecule has 1 fully saturated rings. The van der Waals surface area contributed by atoms with Crippen LogP contribution in [-0.2, 0) is 14.8 Å². The van der Waals surface area contributed by atoms with Crippen molar-refractivity contribution < 1.29 is 30.7 Å². The second kappa shape index (κ2) is 5.30. The van der Waals surface area contributed by atoms with Gasteiger partial charge in [-0.25, -0.2) is 17.2 Å². The molecule has 108 valence electrons. The Morgan fingerprint density at radius 2 is 1.67 bits per heavy atom. The lowest BCUT2D eigenvalue weighted by molar-refractivity contribution is -0.198. The fraction of sp³-hybridized carbons (Fsp3) is 1.00. The number of ether oxygens (including phenoxy) is 1. The zero-order chi connectivity index (χ0) is 14.0. The molecule has 18 heavy (non-hydrogen) atoms. The van der Waals surface area contributed by atoms with Crippen molar-refractivity contribution in [2.75, 3.05) is 32.1 Å². The molecule has 1 aliphatic heterocycles. The molecule has 0 amide bonds. The third-order valence-corrected chi connectivity index (χ3v) is 4.55. The van der Waals surface area contributed by atoms with Gasteiger partial charge in [0.05, 0.1) is 19.0 Å². The van der Waals surface area contributed by atoms with Crippen LogP contribution in [0.1, 0.15) is 13.3 Å². The summed E-state index contributed by atoms with van der Waals surface area (Å²) in [5.74, 6) is -9.55. The van der Waals surface area contributed by atoms with E-state index in [1.807, 2.05) is 0 Å². The van der Waals surface area contributed by atoms with Crippen LogP contribution in [0.4, 0.5) is 17.6 Å². The number of halogens is 4. The van der Waals surface area contributed by atoms with Gasteiger partial charge in [0.1, 0.15) is 0 Å². The molecule has 0 spiro atoms. The fourth-order valence-electron chi connectivity index (χ4n) is 1.43. The molecular weight excluding hydrogens is 278 g/mol. The first-order valence-corrected chi connectivity index (χ1v) is 6.98. The van der Waals surface area contributed by atoms with Gasteiger partial charge in [0.15, 0.2) is 0 Å². The van der Waals surface area contributed by atoms with Crippen LogP contribution in [0, 0.1) is 0 Å². The molecule has 1 aliphatic rings. The van der Waals surface area contributed by atoms with E-state index >= 15 is 0 Å². The average molecular weight is 293 g/mol. The van der Waals surface area contributed by atoms with Gasteiger partial charge in [0.2, 0.25) is 10.0 Å². The molecule has 0 atom stereocenters. The van der Waals surface area contributed by atoms with Crippen LogP contribution < -0.4 is 0 Å². The second-order valence-corrected chi connectivity index (χ2v) is 6.26. The van der Waals surface area contributed by atoms with Crippen molar-refractivity contribution in [3.63, 3.8) is 0 Å². The molecule has 1 heterocycles. The van der Waals surface area contributed by atoms with Crippen molar-refractivity contribution >= 4 is 10.0 Å². The highest BCUT2D eigenvalue weighted by molar-refractivity contribution is 7.89. The molecule has 0 aromatic carbocycles. The van der Waals surface area contributed by atoms with E-state index in [0.29, 0.717) is 0 Å². The molecule has 0 radical (unpaired) electrons. The summed E-state index contributed by atoms with van der Waals surface area (Å²) in [6.45, 7) is 0.570. The van der Waals surface area contributed by atoms with Gasteiger partial charge in [-0.15, -0.1) is 0 Å². The highest BCUT2D eigenvalue weighted by Crippen LogP contribution is 2.36. The molecule has 4 nitrogen and oxygen atoms in total. The predicted molar refractivity (Wildman–Crippen MR) is 56.4 cm³/mol. The van der Waals surface area contributed by atoms with E-state index in [2.05, 4.69) is 0 Å². The Kier molecular flexibility index (Phi) is 4.60. The second-order valence-electron chi connectivity index (χ2n) is 4.17. The highest BCUT2D eigenvalue weighted by Gasteiger charge is 2.52. The highest BCUT2D eigenvalue weighted by atomic mass is 32.2. The summed E-state index contributed by atoms with van der Waals surface area (Å²) < 4.78 is 80.2. The molecule has 0 bridgehead atoms. The molecule has 9 heteroatoms. The molecule has 0 aromatic rings. The Hall–Kier alpha value is -0.410. The molecule has 0 aliphatic carbocycles. The third-order valence-electron chi connectivity index (χ3n) is 2.68. The number of hydrogen-bond acceptors (Lipinski definition) is 3. The Bertz CT molecular complexity index is 374. The Labute approximate surface area is 103 Å². The Morgan fingerprint density at radius 3 is 2.11 bits per heavy atom. The average Bonchev–Trinajstić information content (AvgIpc) is 2.26. The van der Waals surface area contributed by atoms with Crippen LogP contribution in [-0.4, -0.2) is 56.6 Å². The number of morpholine rings is 1. The minimum atomic E-state index is -4.33. The number of hydrogen-bond donors (Lipinski definition) is 0. The van der Waals surface area contributed by atoms with Gasteiger partial charge in [-0.05, 0) is 0 Å². The van der Waals surface area contributed by atoms with Crippen LogP contribution >= 0.6 is 0 Å². The molecule has 0 unspecified atom stereocenters. The molecule has 1 saturated heterocycles. The molecule has 1 rings (SSSR count). The smallest absolute Gasteiger partial charge is 0.310 e. The van der Waals surface area contributed by atoms with Crippen LogP contribution in [0.15, 0.2) is 0 Å². The van der Waals surface area contributed by atoms with Gasteiger partial charge in [-0.3, -0.25) is 0 Å². The summed E-state index contributed by atoms with van der Waals surface area (Å²) in [7, 11) is -3.94. The van der Waals surface area contributed by atoms with Crippen molar-refractivity contribution in [1.29, 1.82) is 0 Å². The number of rotatable bonds is 5. The summed E-state index contributed by atoms with van der Waals surface area (Å²) in [6, 6.07) is 0. The summed E-state index contributed by atoms with van der Waals surface area (Å²) in [4.78, 5) is 0. The number of nitrogens with zero attached hydrogens (tertiary/aromatic N) is 1. The monoisotopic (exact) mass is 293 g/mol. The fourth-order valence-corrected chi connectivity index (χ4v) is 2.91. The summed E-state index contributed by atoms with van der Waals surface area (Å²) in [5, 5.41) is 0. The van der Waals surface area contributed by atoms with E-state index in [0.717, 1.165) is 4.31 Å². The summed E-state index contributed by atoms with van der Waals surface area (Å²) >= 11 is 0. The van der Waals surface area contributed by atoms with Crippen LogP contribution in [0.5, 0.6) is 0 Å². The van der Waals surface area contributed by atoms with E-state index in [4.69, 9.17) is 4.74 Å². The largest absolute Gasteiger partial charge is 0.379 e. The van der Waals surface area contributed by atoms with Gasteiger partial charge in [0.25, 0.3) is 0 Å². The first-order chi connectivity index (χ1) is 8.06. The molecule has 0 N–H and O–H groups in total. The maximum atomic E-state index is 13.0. The van der Waals surface area contributed by atoms with E-state index in [9.17, 15) is 26.0 Å². The number of alkyl halides is 4. The SMILES string of the molecule is CC(F)(F)C(F)(F)CCS(=O)(=O)N1CCOCC1. The summed E-state index contributed by atoms with van der Waals surface area (Å²) in [5.41, 5.74) is 0. The molecule has 0 saturated carbocycles. The topological polar surface area (TPSA) is 46.6 Å².